The minimum Gasteiger partial charge on any atom is -0.497 e. The van der Waals surface area contributed by atoms with E-state index in [1.165, 1.54) is 0 Å². The Balaban J connectivity index is 3.22. The van der Waals surface area contributed by atoms with E-state index in [-0.39, 0.29) is 0 Å². The van der Waals surface area contributed by atoms with Crippen molar-refractivity contribution in [3.8, 4) is 11.5 Å². The van der Waals surface area contributed by atoms with Crippen LogP contribution in [0.2, 0.25) is 0 Å². The first-order chi connectivity index (χ1) is 7.26. The largest absolute Gasteiger partial charge is 0.497 e. The van der Waals surface area contributed by atoms with Crippen molar-refractivity contribution in [2.75, 3.05) is 21.3 Å². The van der Waals surface area contributed by atoms with Crippen molar-refractivity contribution in [1.29, 1.82) is 0 Å². The van der Waals surface area contributed by atoms with E-state index in [9.17, 15) is 0 Å². The van der Waals surface area contributed by atoms with Crippen molar-refractivity contribution in [2.45, 2.75) is 6.92 Å². The molecule has 0 saturated carbocycles. The van der Waals surface area contributed by atoms with Crippen LogP contribution in [0.3, 0.4) is 0 Å². The number of rotatable bonds is 4. The molecule has 0 bridgehead atoms. The molecule has 0 aliphatic rings. The summed E-state index contributed by atoms with van der Waals surface area (Å²) in [5.74, 6) is 2.32. The molecular formula is C12H16O3. The van der Waals surface area contributed by atoms with E-state index in [1.807, 2.05) is 31.2 Å². The van der Waals surface area contributed by atoms with Crippen LogP contribution in [0.25, 0.3) is 5.76 Å². The van der Waals surface area contributed by atoms with Gasteiger partial charge in [-0.3, -0.25) is 0 Å². The molecule has 0 saturated heterocycles. The summed E-state index contributed by atoms with van der Waals surface area (Å²) in [6.07, 6.45) is 1.89. The third-order valence-corrected chi connectivity index (χ3v) is 2.15. The first-order valence-corrected chi connectivity index (χ1v) is 4.69. The fourth-order valence-corrected chi connectivity index (χ4v) is 1.39. The van der Waals surface area contributed by atoms with Gasteiger partial charge in [0.25, 0.3) is 0 Å². The highest BCUT2D eigenvalue weighted by Gasteiger charge is 2.09. The van der Waals surface area contributed by atoms with Crippen LogP contribution in [0, 0.1) is 0 Å². The molecule has 0 spiro atoms. The third kappa shape index (κ3) is 2.43. The van der Waals surface area contributed by atoms with Crippen molar-refractivity contribution < 1.29 is 14.2 Å². The van der Waals surface area contributed by atoms with Crippen LogP contribution < -0.4 is 9.47 Å². The van der Waals surface area contributed by atoms with Gasteiger partial charge in [0.1, 0.15) is 17.3 Å². The van der Waals surface area contributed by atoms with Crippen LogP contribution >= 0.6 is 0 Å². The summed E-state index contributed by atoms with van der Waals surface area (Å²) in [4.78, 5) is 0. The lowest BCUT2D eigenvalue weighted by atomic mass is 10.1. The van der Waals surface area contributed by atoms with Crippen LogP contribution in [-0.4, -0.2) is 21.3 Å². The topological polar surface area (TPSA) is 27.7 Å². The molecular weight excluding hydrogens is 192 g/mol. The van der Waals surface area contributed by atoms with Gasteiger partial charge in [0.2, 0.25) is 0 Å². The van der Waals surface area contributed by atoms with Gasteiger partial charge in [0.05, 0.1) is 26.9 Å². The summed E-state index contributed by atoms with van der Waals surface area (Å²) in [6.45, 7) is 1.91. The summed E-state index contributed by atoms with van der Waals surface area (Å²) in [5.41, 5.74) is 0.891. The second-order valence-corrected chi connectivity index (χ2v) is 2.92. The van der Waals surface area contributed by atoms with Crippen molar-refractivity contribution in [2.24, 2.45) is 0 Å². The summed E-state index contributed by atoms with van der Waals surface area (Å²) in [6, 6.07) is 5.60. The number of allylic oxidation sites excluding steroid dienone is 1. The van der Waals surface area contributed by atoms with Crippen LogP contribution in [0.1, 0.15) is 12.5 Å². The number of hydrogen-bond donors (Lipinski definition) is 0. The molecule has 1 aromatic rings. The minimum atomic E-state index is 0.769. The van der Waals surface area contributed by atoms with E-state index in [1.54, 1.807) is 21.3 Å². The maximum absolute atomic E-state index is 5.25. The van der Waals surface area contributed by atoms with Gasteiger partial charge in [-0.2, -0.15) is 0 Å². The Kier molecular flexibility index (Phi) is 4.03. The molecule has 0 radical (unpaired) electrons. The average molecular weight is 208 g/mol. The van der Waals surface area contributed by atoms with Gasteiger partial charge in [0, 0.05) is 0 Å². The Labute approximate surface area is 90.3 Å². The van der Waals surface area contributed by atoms with Gasteiger partial charge < -0.3 is 14.2 Å². The number of hydrogen-bond acceptors (Lipinski definition) is 3. The lowest BCUT2D eigenvalue weighted by molar-refractivity contribution is 0.359. The van der Waals surface area contributed by atoms with Crippen molar-refractivity contribution in [3.05, 3.63) is 29.8 Å². The van der Waals surface area contributed by atoms with E-state index in [0.717, 1.165) is 22.8 Å². The van der Waals surface area contributed by atoms with E-state index in [2.05, 4.69) is 0 Å². The standard InChI is InChI=1S/C12H16O3/c1-5-11(14-3)10-8-9(13-2)6-7-12(10)15-4/h5-8H,1-4H3. The molecule has 0 aromatic heterocycles. The lowest BCUT2D eigenvalue weighted by Gasteiger charge is -2.12. The Bertz CT molecular complexity index is 356. The zero-order chi connectivity index (χ0) is 11.3. The molecule has 15 heavy (non-hydrogen) atoms. The van der Waals surface area contributed by atoms with Gasteiger partial charge >= 0.3 is 0 Å². The van der Waals surface area contributed by atoms with E-state index >= 15 is 0 Å². The quantitative estimate of drug-likeness (QED) is 0.712. The van der Waals surface area contributed by atoms with Crippen LogP contribution in [0.4, 0.5) is 0 Å². The number of benzene rings is 1. The molecule has 0 aliphatic heterocycles. The molecule has 3 heteroatoms. The smallest absolute Gasteiger partial charge is 0.130 e. The van der Waals surface area contributed by atoms with Gasteiger partial charge in [-0.05, 0) is 31.2 Å². The first kappa shape index (κ1) is 11.4. The maximum Gasteiger partial charge on any atom is 0.130 e. The van der Waals surface area contributed by atoms with Crippen LogP contribution in [-0.2, 0) is 4.74 Å². The van der Waals surface area contributed by atoms with Crippen molar-refractivity contribution >= 4 is 5.76 Å². The molecule has 1 rings (SSSR count). The van der Waals surface area contributed by atoms with Gasteiger partial charge in [-0.15, -0.1) is 0 Å². The summed E-state index contributed by atoms with van der Waals surface area (Å²) < 4.78 is 15.7. The van der Waals surface area contributed by atoms with Gasteiger partial charge in [0.15, 0.2) is 0 Å². The zero-order valence-corrected chi connectivity index (χ0v) is 9.53. The van der Waals surface area contributed by atoms with Crippen LogP contribution in [0.5, 0.6) is 11.5 Å². The summed E-state index contributed by atoms with van der Waals surface area (Å²) in [7, 11) is 4.90. The number of ether oxygens (including phenoxy) is 3. The lowest BCUT2D eigenvalue weighted by Crippen LogP contribution is -1.94. The molecule has 1 aromatic carbocycles. The van der Waals surface area contributed by atoms with E-state index in [4.69, 9.17) is 14.2 Å². The summed E-state index contributed by atoms with van der Waals surface area (Å²) in [5, 5.41) is 0. The highest BCUT2D eigenvalue weighted by atomic mass is 16.5. The van der Waals surface area contributed by atoms with Crippen LogP contribution in [0.15, 0.2) is 24.3 Å². The highest BCUT2D eigenvalue weighted by molar-refractivity contribution is 5.67. The van der Waals surface area contributed by atoms with Gasteiger partial charge in [-0.25, -0.2) is 0 Å². The molecule has 0 amide bonds. The van der Waals surface area contributed by atoms with E-state index < -0.39 is 0 Å². The molecule has 0 atom stereocenters. The Morgan fingerprint density at radius 2 is 1.87 bits per heavy atom. The molecule has 0 unspecified atom stereocenters. The number of methoxy groups -OCH3 is 3. The Hall–Kier alpha value is -1.64. The molecule has 0 fully saturated rings. The Morgan fingerprint density at radius 1 is 1.13 bits per heavy atom. The van der Waals surface area contributed by atoms with E-state index in [0.29, 0.717) is 0 Å². The molecule has 0 aliphatic carbocycles. The predicted octanol–water partition coefficient (Wildman–Crippen LogP) is 2.71. The predicted molar refractivity (Wildman–Crippen MR) is 60.2 cm³/mol. The fraction of sp³-hybridized carbons (Fsp3) is 0.333. The summed E-state index contributed by atoms with van der Waals surface area (Å²) >= 11 is 0. The molecule has 0 N–H and O–H groups in total. The first-order valence-electron chi connectivity index (χ1n) is 4.69. The average Bonchev–Trinajstić information content (AvgIpc) is 2.30. The zero-order valence-electron chi connectivity index (χ0n) is 9.53. The molecule has 3 nitrogen and oxygen atoms in total. The monoisotopic (exact) mass is 208 g/mol. The second kappa shape index (κ2) is 5.29. The maximum atomic E-state index is 5.25. The highest BCUT2D eigenvalue weighted by Crippen LogP contribution is 2.30. The fourth-order valence-electron chi connectivity index (χ4n) is 1.39. The second-order valence-electron chi connectivity index (χ2n) is 2.92. The van der Waals surface area contributed by atoms with Crippen molar-refractivity contribution in [1.82, 2.24) is 0 Å². The Morgan fingerprint density at radius 3 is 2.33 bits per heavy atom. The molecule has 82 valence electrons. The SMILES string of the molecule is CC=C(OC)c1cc(OC)ccc1OC. The van der Waals surface area contributed by atoms with Gasteiger partial charge in [-0.1, -0.05) is 0 Å². The third-order valence-electron chi connectivity index (χ3n) is 2.15. The normalized spacial score (nSPS) is 11.1. The minimum absolute atomic E-state index is 0.769. The van der Waals surface area contributed by atoms with Crippen molar-refractivity contribution in [3.63, 3.8) is 0 Å². The molecule has 0 heterocycles.